The van der Waals surface area contributed by atoms with Gasteiger partial charge in [0.05, 0.1) is 0 Å². The average Bonchev–Trinajstić information content (AvgIpc) is 2.32. The van der Waals surface area contributed by atoms with Crippen LogP contribution in [0.3, 0.4) is 0 Å². The van der Waals surface area contributed by atoms with Crippen molar-refractivity contribution in [3.8, 4) is 0 Å². The lowest BCUT2D eigenvalue weighted by molar-refractivity contribution is 0.894. The molecule has 0 spiro atoms. The smallest absolute Gasteiger partial charge is 0.0453 e. The zero-order valence-corrected chi connectivity index (χ0v) is 12.7. The molecule has 18 heavy (non-hydrogen) atoms. The molecule has 94 valence electrons. The van der Waals surface area contributed by atoms with Crippen LogP contribution in [0.25, 0.3) is 0 Å². The number of hydrogen-bond acceptors (Lipinski definition) is 1. The maximum absolute atomic E-state index is 4.46. The lowest BCUT2D eigenvalue weighted by atomic mass is 10.0. The lowest BCUT2D eigenvalue weighted by Crippen LogP contribution is -2.00. The Morgan fingerprint density at radius 2 is 1.78 bits per heavy atom. The molecule has 1 aromatic heterocycles. The Morgan fingerprint density at radius 1 is 1.06 bits per heavy atom. The second-order valence-electron chi connectivity index (χ2n) is 4.86. The second-order valence-corrected chi connectivity index (χ2v) is 5.96. The van der Waals surface area contributed by atoms with Crippen LogP contribution in [0.4, 0.5) is 0 Å². The highest BCUT2D eigenvalue weighted by Gasteiger charge is 2.11. The summed E-state index contributed by atoms with van der Waals surface area (Å²) in [5.74, 6) is 0. The number of hydrogen-bond donors (Lipinski definition) is 0. The highest BCUT2D eigenvalue weighted by Crippen LogP contribution is 2.29. The van der Waals surface area contributed by atoms with Crippen LogP contribution in [0.5, 0.6) is 0 Å². The minimum absolute atomic E-state index is 0.327. The number of aromatic nitrogens is 1. The van der Waals surface area contributed by atoms with Gasteiger partial charge in [-0.3, -0.25) is 4.98 Å². The highest BCUT2D eigenvalue weighted by molar-refractivity contribution is 9.09. The number of rotatable bonds is 3. The van der Waals surface area contributed by atoms with Crippen molar-refractivity contribution in [3.63, 3.8) is 0 Å². The Bertz CT molecular complexity index is 531. The summed E-state index contributed by atoms with van der Waals surface area (Å²) in [5, 5.41) is 0. The predicted molar refractivity (Wildman–Crippen MR) is 80.3 cm³/mol. The van der Waals surface area contributed by atoms with Gasteiger partial charge in [0.1, 0.15) is 0 Å². The summed E-state index contributed by atoms with van der Waals surface area (Å²) >= 11 is 3.78. The summed E-state index contributed by atoms with van der Waals surface area (Å²) in [4.78, 5) is 4.79. The van der Waals surface area contributed by atoms with Crippen LogP contribution in [0.15, 0.2) is 36.5 Å². The summed E-state index contributed by atoms with van der Waals surface area (Å²) in [5.41, 5.74) is 6.33. The van der Waals surface area contributed by atoms with Gasteiger partial charge in [0.15, 0.2) is 0 Å². The summed E-state index contributed by atoms with van der Waals surface area (Å²) in [6.45, 7) is 6.35. The van der Waals surface area contributed by atoms with Gasteiger partial charge in [-0.25, -0.2) is 0 Å². The fourth-order valence-electron chi connectivity index (χ4n) is 2.09. The van der Waals surface area contributed by atoms with Crippen molar-refractivity contribution in [2.75, 3.05) is 0 Å². The van der Waals surface area contributed by atoms with E-state index in [-0.39, 0.29) is 0 Å². The van der Waals surface area contributed by atoms with Crippen molar-refractivity contribution in [3.05, 3.63) is 64.5 Å². The molecule has 0 saturated heterocycles. The summed E-state index contributed by atoms with van der Waals surface area (Å²) < 4.78 is 0. The lowest BCUT2D eigenvalue weighted by Gasteiger charge is -2.13. The van der Waals surface area contributed by atoms with E-state index >= 15 is 0 Å². The van der Waals surface area contributed by atoms with E-state index in [4.69, 9.17) is 0 Å². The Kier molecular flexibility index (Phi) is 4.18. The molecule has 0 saturated carbocycles. The van der Waals surface area contributed by atoms with Crippen LogP contribution in [0.1, 0.15) is 32.8 Å². The Morgan fingerprint density at radius 3 is 2.39 bits per heavy atom. The third-order valence-corrected chi connectivity index (χ3v) is 3.94. The molecule has 2 rings (SSSR count). The molecular weight excluding hydrogens is 286 g/mol. The molecule has 2 aromatic rings. The van der Waals surface area contributed by atoms with E-state index in [0.29, 0.717) is 4.83 Å². The predicted octanol–water partition coefficient (Wildman–Crippen LogP) is 4.69. The maximum atomic E-state index is 4.46. The molecule has 1 unspecified atom stereocenters. The largest absolute Gasteiger partial charge is 0.261 e. The van der Waals surface area contributed by atoms with Gasteiger partial charge in [0.25, 0.3) is 0 Å². The molecule has 1 aromatic carbocycles. The normalized spacial score (nSPS) is 12.4. The van der Waals surface area contributed by atoms with Crippen molar-refractivity contribution in [2.24, 2.45) is 0 Å². The second kappa shape index (κ2) is 5.66. The van der Waals surface area contributed by atoms with E-state index < -0.39 is 0 Å². The van der Waals surface area contributed by atoms with Gasteiger partial charge in [-0.2, -0.15) is 0 Å². The zero-order chi connectivity index (χ0) is 13.1. The third kappa shape index (κ3) is 3.20. The van der Waals surface area contributed by atoms with Gasteiger partial charge in [-0.1, -0.05) is 45.8 Å². The first kappa shape index (κ1) is 13.3. The van der Waals surface area contributed by atoms with E-state index in [0.717, 1.165) is 12.1 Å². The first-order valence-corrected chi connectivity index (χ1v) is 7.10. The minimum atomic E-state index is 0.327. The number of aryl methyl sites for hydroxylation is 3. The quantitative estimate of drug-likeness (QED) is 0.750. The number of alkyl halides is 1. The molecule has 1 atom stereocenters. The Hall–Kier alpha value is -1.15. The van der Waals surface area contributed by atoms with Gasteiger partial charge in [0, 0.05) is 23.1 Å². The molecule has 1 heterocycles. The van der Waals surface area contributed by atoms with Gasteiger partial charge in [0.2, 0.25) is 0 Å². The van der Waals surface area contributed by atoms with Gasteiger partial charge in [-0.15, -0.1) is 0 Å². The molecule has 0 N–H and O–H groups in total. The zero-order valence-electron chi connectivity index (χ0n) is 11.1. The topological polar surface area (TPSA) is 12.9 Å². The standard InChI is InChI=1S/C16H18BrN/c1-11-5-7-15(13(3)8-11)16(17)9-14-6-4-12(2)10-18-14/h4-8,10,16H,9H2,1-3H3. The molecule has 2 heteroatoms. The van der Waals surface area contributed by atoms with Gasteiger partial charge >= 0.3 is 0 Å². The van der Waals surface area contributed by atoms with Crippen molar-refractivity contribution in [1.29, 1.82) is 0 Å². The molecule has 0 aliphatic carbocycles. The molecule has 0 bridgehead atoms. The number of pyridine rings is 1. The summed E-state index contributed by atoms with van der Waals surface area (Å²) in [6.07, 6.45) is 2.85. The molecule has 0 radical (unpaired) electrons. The Labute approximate surface area is 117 Å². The monoisotopic (exact) mass is 303 g/mol. The third-order valence-electron chi connectivity index (χ3n) is 3.12. The summed E-state index contributed by atoms with van der Waals surface area (Å²) in [7, 11) is 0. The average molecular weight is 304 g/mol. The van der Waals surface area contributed by atoms with Crippen LogP contribution in [0, 0.1) is 20.8 Å². The van der Waals surface area contributed by atoms with Crippen LogP contribution < -0.4 is 0 Å². The molecule has 0 aliphatic rings. The molecule has 0 fully saturated rings. The van der Waals surface area contributed by atoms with E-state index in [9.17, 15) is 0 Å². The van der Waals surface area contributed by atoms with E-state index in [1.165, 1.54) is 22.3 Å². The van der Waals surface area contributed by atoms with E-state index in [1.807, 2.05) is 6.20 Å². The number of halogens is 1. The number of benzene rings is 1. The van der Waals surface area contributed by atoms with Crippen molar-refractivity contribution >= 4 is 15.9 Å². The van der Waals surface area contributed by atoms with Crippen LogP contribution in [-0.2, 0) is 6.42 Å². The molecule has 0 aliphatic heterocycles. The fourth-order valence-corrected chi connectivity index (χ4v) is 2.94. The molecule has 0 amide bonds. The van der Waals surface area contributed by atoms with E-state index in [1.54, 1.807) is 0 Å². The Balaban J connectivity index is 2.16. The first-order valence-electron chi connectivity index (χ1n) is 6.19. The number of nitrogens with zero attached hydrogens (tertiary/aromatic N) is 1. The van der Waals surface area contributed by atoms with Crippen LogP contribution in [0.2, 0.25) is 0 Å². The molecular formula is C16H18BrN. The van der Waals surface area contributed by atoms with Crippen LogP contribution >= 0.6 is 15.9 Å². The SMILES string of the molecule is Cc1ccc(CC(Br)c2ccc(C)cc2C)nc1. The van der Waals surface area contributed by atoms with Crippen LogP contribution in [-0.4, -0.2) is 4.98 Å². The van der Waals surface area contributed by atoms with Crippen molar-refractivity contribution in [1.82, 2.24) is 4.98 Å². The fraction of sp³-hybridized carbons (Fsp3) is 0.312. The van der Waals surface area contributed by atoms with Crippen molar-refractivity contribution in [2.45, 2.75) is 32.0 Å². The minimum Gasteiger partial charge on any atom is -0.261 e. The van der Waals surface area contributed by atoms with Gasteiger partial charge < -0.3 is 0 Å². The first-order chi connectivity index (χ1) is 8.56. The van der Waals surface area contributed by atoms with Gasteiger partial charge in [-0.05, 0) is 43.5 Å². The highest BCUT2D eigenvalue weighted by atomic mass is 79.9. The summed E-state index contributed by atoms with van der Waals surface area (Å²) in [6, 6.07) is 10.8. The van der Waals surface area contributed by atoms with Crippen molar-refractivity contribution < 1.29 is 0 Å². The molecule has 1 nitrogen and oxygen atoms in total. The maximum Gasteiger partial charge on any atom is 0.0453 e. The van der Waals surface area contributed by atoms with E-state index in [2.05, 4.69) is 72.0 Å².